The van der Waals surface area contributed by atoms with Gasteiger partial charge >= 0.3 is 6.18 Å². The number of carbonyl (C=O) groups is 1. The fraction of sp³-hybridized carbons (Fsp3) is 0.350. The summed E-state index contributed by atoms with van der Waals surface area (Å²) in [5.41, 5.74) is 0.216. The summed E-state index contributed by atoms with van der Waals surface area (Å²) in [5.74, 6) is -0.511. The maximum absolute atomic E-state index is 12.5. The van der Waals surface area contributed by atoms with Crippen LogP contribution < -0.4 is 14.4 Å². The number of benzene rings is 2. The molecule has 1 amide bonds. The van der Waals surface area contributed by atoms with Gasteiger partial charge in [0.15, 0.2) is 0 Å². The van der Waals surface area contributed by atoms with Crippen molar-refractivity contribution in [1.82, 2.24) is 5.32 Å². The van der Waals surface area contributed by atoms with Gasteiger partial charge in [0.05, 0.1) is 17.5 Å². The molecule has 0 aliphatic heterocycles. The standard InChI is InChI=1S/C20H23F3N2O5S/c1-14-5-3-4-6-18(14)25(31(2,28)29)12-19(27)24-11-16(26)13-30-17-9-7-15(8-10-17)20(21,22)23/h3-10,16,26H,11-13H2,1-2H3,(H,24,27). The van der Waals surface area contributed by atoms with E-state index in [0.717, 1.165) is 34.8 Å². The maximum Gasteiger partial charge on any atom is 0.416 e. The van der Waals surface area contributed by atoms with Crippen molar-refractivity contribution in [1.29, 1.82) is 0 Å². The second-order valence-corrected chi connectivity index (χ2v) is 8.75. The van der Waals surface area contributed by atoms with E-state index >= 15 is 0 Å². The van der Waals surface area contributed by atoms with Gasteiger partial charge < -0.3 is 15.2 Å². The number of rotatable bonds is 9. The molecule has 1 atom stereocenters. The number of anilines is 1. The van der Waals surface area contributed by atoms with E-state index in [0.29, 0.717) is 11.3 Å². The number of ether oxygens (including phenoxy) is 1. The van der Waals surface area contributed by atoms with Gasteiger partial charge in [0.2, 0.25) is 15.9 Å². The van der Waals surface area contributed by atoms with Gasteiger partial charge in [-0.3, -0.25) is 9.10 Å². The van der Waals surface area contributed by atoms with Crippen LogP contribution in [0.25, 0.3) is 0 Å². The second kappa shape index (κ2) is 10.0. The van der Waals surface area contributed by atoms with Gasteiger partial charge in [0.1, 0.15) is 25.0 Å². The van der Waals surface area contributed by atoms with Crippen LogP contribution in [0.15, 0.2) is 48.5 Å². The number of alkyl halides is 3. The molecule has 2 N–H and O–H groups in total. The number of amides is 1. The first-order chi connectivity index (χ1) is 14.4. The number of aryl methyl sites for hydroxylation is 1. The van der Waals surface area contributed by atoms with Crippen LogP contribution in [-0.4, -0.2) is 51.5 Å². The first-order valence-electron chi connectivity index (χ1n) is 9.16. The molecule has 2 rings (SSSR count). The van der Waals surface area contributed by atoms with Gasteiger partial charge in [0, 0.05) is 6.54 Å². The topological polar surface area (TPSA) is 95.9 Å². The molecule has 0 radical (unpaired) electrons. The van der Waals surface area contributed by atoms with Gasteiger partial charge in [0.25, 0.3) is 0 Å². The molecule has 31 heavy (non-hydrogen) atoms. The SMILES string of the molecule is Cc1ccccc1N(CC(=O)NCC(O)COc1ccc(C(F)(F)F)cc1)S(C)(=O)=O. The molecule has 1 unspecified atom stereocenters. The molecule has 170 valence electrons. The van der Waals surface area contributed by atoms with Crippen LogP contribution in [0.4, 0.5) is 18.9 Å². The Bertz CT molecular complexity index is 995. The Kier molecular flexibility index (Phi) is 7.91. The van der Waals surface area contributed by atoms with E-state index in [1.807, 2.05) is 0 Å². The Balaban J connectivity index is 1.87. The van der Waals surface area contributed by atoms with Crippen LogP contribution in [0.5, 0.6) is 5.75 Å². The Morgan fingerprint density at radius 1 is 1.16 bits per heavy atom. The van der Waals surface area contributed by atoms with E-state index in [1.54, 1.807) is 31.2 Å². The minimum Gasteiger partial charge on any atom is -0.491 e. The van der Waals surface area contributed by atoms with Crippen molar-refractivity contribution in [2.75, 3.05) is 30.3 Å². The second-order valence-electron chi connectivity index (χ2n) is 6.85. The van der Waals surface area contributed by atoms with Gasteiger partial charge in [-0.15, -0.1) is 0 Å². The zero-order valence-corrected chi connectivity index (χ0v) is 17.7. The van der Waals surface area contributed by atoms with Crippen LogP contribution in [0.1, 0.15) is 11.1 Å². The third-order valence-electron chi connectivity index (χ3n) is 4.23. The normalized spacial score (nSPS) is 12.8. The Morgan fingerprint density at radius 3 is 2.32 bits per heavy atom. The molecule has 0 aliphatic rings. The maximum atomic E-state index is 12.5. The van der Waals surface area contributed by atoms with Crippen molar-refractivity contribution in [3.63, 3.8) is 0 Å². The van der Waals surface area contributed by atoms with E-state index in [9.17, 15) is 31.5 Å². The molecule has 2 aromatic rings. The minimum absolute atomic E-state index is 0.126. The highest BCUT2D eigenvalue weighted by molar-refractivity contribution is 7.92. The summed E-state index contributed by atoms with van der Waals surface area (Å²) in [6, 6.07) is 10.7. The molecule has 0 saturated heterocycles. The third-order valence-corrected chi connectivity index (χ3v) is 5.36. The lowest BCUT2D eigenvalue weighted by atomic mass is 10.2. The predicted molar refractivity (Wildman–Crippen MR) is 109 cm³/mol. The van der Waals surface area contributed by atoms with E-state index in [2.05, 4.69) is 5.32 Å². The fourth-order valence-corrected chi connectivity index (χ4v) is 3.55. The number of aliphatic hydroxyl groups excluding tert-OH is 1. The lowest BCUT2D eigenvalue weighted by Crippen LogP contribution is -2.43. The fourth-order valence-electron chi connectivity index (χ4n) is 2.63. The summed E-state index contributed by atoms with van der Waals surface area (Å²) in [6.45, 7) is 0.730. The van der Waals surface area contributed by atoms with E-state index in [1.165, 1.54) is 0 Å². The van der Waals surface area contributed by atoms with Crippen molar-refractivity contribution in [2.45, 2.75) is 19.2 Å². The quantitative estimate of drug-likeness (QED) is 0.599. The number of nitrogens with one attached hydrogen (secondary N) is 1. The lowest BCUT2D eigenvalue weighted by Gasteiger charge is -2.23. The van der Waals surface area contributed by atoms with Gasteiger partial charge in [-0.2, -0.15) is 13.2 Å². The summed E-state index contributed by atoms with van der Waals surface area (Å²) >= 11 is 0. The molecule has 11 heteroatoms. The number of hydrogen-bond donors (Lipinski definition) is 2. The number of para-hydroxylation sites is 1. The molecule has 0 spiro atoms. The van der Waals surface area contributed by atoms with Crippen molar-refractivity contribution >= 4 is 21.6 Å². The average molecular weight is 460 g/mol. The first-order valence-corrected chi connectivity index (χ1v) is 11.0. The summed E-state index contributed by atoms with van der Waals surface area (Å²) in [6.07, 6.45) is -4.63. The summed E-state index contributed by atoms with van der Waals surface area (Å²) in [4.78, 5) is 12.2. The molecule has 0 bridgehead atoms. The number of carbonyl (C=O) groups excluding carboxylic acids is 1. The van der Waals surface area contributed by atoms with Crippen molar-refractivity contribution in [3.05, 3.63) is 59.7 Å². The predicted octanol–water partition coefficient (Wildman–Crippen LogP) is 2.34. The Morgan fingerprint density at radius 2 is 1.77 bits per heavy atom. The number of halogens is 3. The Hall–Kier alpha value is -2.79. The number of sulfonamides is 1. The molecule has 2 aromatic carbocycles. The molecular weight excluding hydrogens is 437 g/mol. The van der Waals surface area contributed by atoms with Gasteiger partial charge in [-0.25, -0.2) is 8.42 Å². The van der Waals surface area contributed by atoms with Gasteiger partial charge in [-0.05, 0) is 42.8 Å². The first kappa shape index (κ1) is 24.5. The van der Waals surface area contributed by atoms with Gasteiger partial charge in [-0.1, -0.05) is 18.2 Å². The molecule has 7 nitrogen and oxygen atoms in total. The van der Waals surface area contributed by atoms with Crippen LogP contribution in [0.3, 0.4) is 0 Å². The van der Waals surface area contributed by atoms with Crippen LogP contribution >= 0.6 is 0 Å². The van der Waals surface area contributed by atoms with E-state index in [4.69, 9.17) is 4.74 Å². The molecule has 0 heterocycles. The van der Waals surface area contributed by atoms with Crippen molar-refractivity contribution < 1.29 is 36.2 Å². The van der Waals surface area contributed by atoms with E-state index in [-0.39, 0.29) is 18.9 Å². The van der Waals surface area contributed by atoms with Crippen molar-refractivity contribution in [3.8, 4) is 5.75 Å². The average Bonchev–Trinajstić information content (AvgIpc) is 2.68. The lowest BCUT2D eigenvalue weighted by molar-refractivity contribution is -0.137. The largest absolute Gasteiger partial charge is 0.491 e. The monoisotopic (exact) mass is 460 g/mol. The Labute approximate surface area is 178 Å². The summed E-state index contributed by atoms with van der Waals surface area (Å²) < 4.78 is 68.0. The van der Waals surface area contributed by atoms with Crippen LogP contribution in [-0.2, 0) is 21.0 Å². The zero-order chi connectivity index (χ0) is 23.2. The summed E-state index contributed by atoms with van der Waals surface area (Å²) in [5, 5.41) is 12.4. The molecule has 0 saturated carbocycles. The van der Waals surface area contributed by atoms with Crippen LogP contribution in [0.2, 0.25) is 0 Å². The molecular formula is C20H23F3N2O5S. The van der Waals surface area contributed by atoms with Crippen LogP contribution in [0, 0.1) is 6.92 Å². The molecule has 0 aliphatic carbocycles. The highest BCUT2D eigenvalue weighted by Gasteiger charge is 2.30. The van der Waals surface area contributed by atoms with Crippen molar-refractivity contribution in [2.24, 2.45) is 0 Å². The zero-order valence-electron chi connectivity index (χ0n) is 16.9. The number of hydrogen-bond acceptors (Lipinski definition) is 5. The molecule has 0 fully saturated rings. The summed E-state index contributed by atoms with van der Waals surface area (Å²) in [7, 11) is -3.73. The van der Waals surface area contributed by atoms with E-state index < -0.39 is 40.3 Å². The third kappa shape index (κ3) is 7.44. The highest BCUT2D eigenvalue weighted by Crippen LogP contribution is 2.30. The minimum atomic E-state index is -4.46. The smallest absolute Gasteiger partial charge is 0.416 e. The molecule has 0 aromatic heterocycles. The number of aliphatic hydroxyl groups is 1. The highest BCUT2D eigenvalue weighted by atomic mass is 32.2. The number of nitrogens with zero attached hydrogens (tertiary/aromatic N) is 1.